The molecule has 3 rings (SSSR count). The lowest BCUT2D eigenvalue weighted by molar-refractivity contribution is 0.459. The van der Waals surface area contributed by atoms with Crippen molar-refractivity contribution in [1.82, 2.24) is 9.38 Å². The molecule has 0 unspecified atom stereocenters. The summed E-state index contributed by atoms with van der Waals surface area (Å²) in [6, 6.07) is 10.1. The summed E-state index contributed by atoms with van der Waals surface area (Å²) >= 11 is 9.09. The van der Waals surface area contributed by atoms with E-state index in [9.17, 15) is 4.39 Å². The Morgan fingerprint density at radius 1 is 1.30 bits per heavy atom. The van der Waals surface area contributed by atoms with Crippen LogP contribution in [0.2, 0.25) is 0 Å². The summed E-state index contributed by atoms with van der Waals surface area (Å²) in [4.78, 5) is 4.38. The Morgan fingerprint density at radius 2 is 2.15 bits per heavy atom. The van der Waals surface area contributed by atoms with Crippen molar-refractivity contribution in [3.8, 4) is 11.6 Å². The zero-order valence-electron chi connectivity index (χ0n) is 10.2. The maximum absolute atomic E-state index is 13.2. The standard InChI is InChI=1S/C14H9BrClFN2O/c15-10-7-9(4-5-11(10)17)20-14-12(8-16)19-6-2-1-3-13(19)18-14/h1-7H,8H2. The van der Waals surface area contributed by atoms with Gasteiger partial charge < -0.3 is 4.74 Å². The van der Waals surface area contributed by atoms with E-state index < -0.39 is 0 Å². The molecule has 20 heavy (non-hydrogen) atoms. The van der Waals surface area contributed by atoms with Crippen molar-refractivity contribution in [3.05, 3.63) is 58.6 Å². The van der Waals surface area contributed by atoms with Crippen molar-refractivity contribution < 1.29 is 9.13 Å². The minimum absolute atomic E-state index is 0.267. The number of aromatic nitrogens is 2. The molecule has 2 aromatic heterocycles. The molecule has 0 aliphatic carbocycles. The van der Waals surface area contributed by atoms with E-state index in [-0.39, 0.29) is 11.7 Å². The van der Waals surface area contributed by atoms with E-state index >= 15 is 0 Å². The van der Waals surface area contributed by atoms with Crippen LogP contribution in [-0.2, 0) is 5.88 Å². The Morgan fingerprint density at radius 3 is 2.90 bits per heavy atom. The lowest BCUT2D eigenvalue weighted by Gasteiger charge is -2.05. The minimum Gasteiger partial charge on any atom is -0.437 e. The topological polar surface area (TPSA) is 26.5 Å². The average Bonchev–Trinajstić information content (AvgIpc) is 2.80. The summed E-state index contributed by atoms with van der Waals surface area (Å²) in [5, 5.41) is 0. The summed E-state index contributed by atoms with van der Waals surface area (Å²) in [6.07, 6.45) is 1.87. The van der Waals surface area contributed by atoms with Gasteiger partial charge in [0.05, 0.1) is 10.4 Å². The Bertz CT molecular complexity index is 775. The van der Waals surface area contributed by atoms with Crippen molar-refractivity contribution >= 4 is 33.2 Å². The molecular weight excluding hydrogens is 347 g/mol. The van der Waals surface area contributed by atoms with Gasteiger partial charge in [-0.25, -0.2) is 4.39 Å². The zero-order chi connectivity index (χ0) is 14.1. The van der Waals surface area contributed by atoms with E-state index in [1.54, 1.807) is 12.1 Å². The molecule has 2 heterocycles. The van der Waals surface area contributed by atoms with Gasteiger partial charge in [-0.2, -0.15) is 4.98 Å². The van der Waals surface area contributed by atoms with E-state index in [1.165, 1.54) is 6.07 Å². The van der Waals surface area contributed by atoms with Gasteiger partial charge in [0.15, 0.2) is 0 Å². The minimum atomic E-state index is -0.343. The van der Waals surface area contributed by atoms with Crippen LogP contribution in [0, 0.1) is 5.82 Å². The molecule has 0 spiro atoms. The maximum Gasteiger partial charge on any atom is 0.242 e. The van der Waals surface area contributed by atoms with Gasteiger partial charge in [-0.1, -0.05) is 6.07 Å². The largest absolute Gasteiger partial charge is 0.437 e. The molecule has 0 saturated carbocycles. The molecular formula is C14H9BrClFN2O. The highest BCUT2D eigenvalue weighted by atomic mass is 79.9. The van der Waals surface area contributed by atoms with Gasteiger partial charge in [0.25, 0.3) is 0 Å². The van der Waals surface area contributed by atoms with E-state index in [2.05, 4.69) is 20.9 Å². The van der Waals surface area contributed by atoms with Gasteiger partial charge in [0.1, 0.15) is 22.9 Å². The van der Waals surface area contributed by atoms with E-state index in [1.807, 2.05) is 28.8 Å². The van der Waals surface area contributed by atoms with Crippen LogP contribution in [0.4, 0.5) is 4.39 Å². The SMILES string of the molecule is Fc1ccc(Oc2nc3ccccn3c2CCl)cc1Br. The van der Waals surface area contributed by atoms with E-state index in [4.69, 9.17) is 16.3 Å². The first-order valence-corrected chi connectivity index (χ1v) is 7.16. The number of rotatable bonds is 3. The summed E-state index contributed by atoms with van der Waals surface area (Å²) in [7, 11) is 0. The summed E-state index contributed by atoms with van der Waals surface area (Å²) in [5.74, 6) is 0.839. The quantitative estimate of drug-likeness (QED) is 0.633. The Balaban J connectivity index is 2.03. The van der Waals surface area contributed by atoms with Crippen molar-refractivity contribution in [2.75, 3.05) is 0 Å². The van der Waals surface area contributed by atoms with Crippen molar-refractivity contribution in [3.63, 3.8) is 0 Å². The fraction of sp³-hybridized carbons (Fsp3) is 0.0714. The van der Waals surface area contributed by atoms with Gasteiger partial charge in [-0.05, 0) is 46.3 Å². The zero-order valence-corrected chi connectivity index (χ0v) is 12.5. The predicted molar refractivity (Wildman–Crippen MR) is 78.9 cm³/mol. The third-order valence-corrected chi connectivity index (χ3v) is 3.69. The highest BCUT2D eigenvalue weighted by Crippen LogP contribution is 2.29. The van der Waals surface area contributed by atoms with Crippen LogP contribution in [-0.4, -0.2) is 9.38 Å². The smallest absolute Gasteiger partial charge is 0.242 e. The normalized spacial score (nSPS) is 10.9. The monoisotopic (exact) mass is 354 g/mol. The van der Waals surface area contributed by atoms with Crippen molar-refractivity contribution in [2.24, 2.45) is 0 Å². The van der Waals surface area contributed by atoms with Crippen molar-refractivity contribution in [2.45, 2.75) is 5.88 Å². The number of halogens is 3. The number of imidazole rings is 1. The predicted octanol–water partition coefficient (Wildman–Crippen LogP) is 4.77. The molecule has 0 radical (unpaired) electrons. The van der Waals surface area contributed by atoms with Crippen LogP contribution in [0.1, 0.15) is 5.69 Å². The second-order valence-electron chi connectivity index (χ2n) is 4.10. The number of hydrogen-bond donors (Lipinski definition) is 0. The average molecular weight is 356 g/mol. The molecule has 0 aliphatic heterocycles. The van der Waals surface area contributed by atoms with Crippen LogP contribution in [0.15, 0.2) is 47.1 Å². The number of hydrogen-bond acceptors (Lipinski definition) is 2. The first-order chi connectivity index (χ1) is 9.69. The summed E-state index contributed by atoms with van der Waals surface area (Å²) < 4.78 is 21.1. The second kappa shape index (κ2) is 5.42. The number of benzene rings is 1. The van der Waals surface area contributed by atoms with Crippen molar-refractivity contribution in [1.29, 1.82) is 0 Å². The number of nitrogens with zero attached hydrogens (tertiary/aromatic N) is 2. The Labute approximate surface area is 128 Å². The molecule has 0 amide bonds. The lowest BCUT2D eigenvalue weighted by Crippen LogP contribution is -1.92. The fourth-order valence-corrected chi connectivity index (χ4v) is 2.48. The molecule has 1 aromatic carbocycles. The molecule has 0 N–H and O–H groups in total. The molecule has 0 atom stereocenters. The van der Waals surface area contributed by atoms with E-state index in [0.29, 0.717) is 16.1 Å². The number of pyridine rings is 1. The van der Waals surface area contributed by atoms with Crippen LogP contribution in [0.5, 0.6) is 11.6 Å². The van der Waals surface area contributed by atoms with Crippen LogP contribution in [0.3, 0.4) is 0 Å². The highest BCUT2D eigenvalue weighted by molar-refractivity contribution is 9.10. The first kappa shape index (κ1) is 13.4. The van der Waals surface area contributed by atoms with Crippen LogP contribution < -0.4 is 4.74 Å². The molecule has 3 aromatic rings. The maximum atomic E-state index is 13.2. The third-order valence-electron chi connectivity index (χ3n) is 2.82. The Kier molecular flexibility index (Phi) is 3.63. The number of ether oxygens (including phenoxy) is 1. The fourth-order valence-electron chi connectivity index (χ4n) is 1.88. The molecule has 0 aliphatic rings. The Hall–Kier alpha value is -1.59. The first-order valence-electron chi connectivity index (χ1n) is 5.84. The third kappa shape index (κ3) is 2.39. The number of alkyl halides is 1. The van der Waals surface area contributed by atoms with Crippen LogP contribution in [0.25, 0.3) is 5.65 Å². The lowest BCUT2D eigenvalue weighted by atomic mass is 10.3. The second-order valence-corrected chi connectivity index (χ2v) is 5.23. The number of fused-ring (bicyclic) bond motifs is 1. The van der Waals surface area contributed by atoms with Gasteiger partial charge >= 0.3 is 0 Å². The molecule has 3 nitrogen and oxygen atoms in total. The molecule has 102 valence electrons. The molecule has 0 saturated heterocycles. The van der Waals surface area contributed by atoms with Gasteiger partial charge in [0.2, 0.25) is 5.88 Å². The van der Waals surface area contributed by atoms with Gasteiger partial charge in [-0.15, -0.1) is 11.6 Å². The molecule has 0 fully saturated rings. The summed E-state index contributed by atoms with van der Waals surface area (Å²) in [5.41, 5.74) is 1.50. The molecule has 0 bridgehead atoms. The van der Waals surface area contributed by atoms with E-state index in [0.717, 1.165) is 11.3 Å². The molecule has 6 heteroatoms. The van der Waals surface area contributed by atoms with Crippen LogP contribution >= 0.6 is 27.5 Å². The summed E-state index contributed by atoms with van der Waals surface area (Å²) in [6.45, 7) is 0. The highest BCUT2D eigenvalue weighted by Gasteiger charge is 2.13. The van der Waals surface area contributed by atoms with Gasteiger partial charge in [0, 0.05) is 6.20 Å². The van der Waals surface area contributed by atoms with Gasteiger partial charge in [-0.3, -0.25) is 4.40 Å².